The van der Waals surface area contributed by atoms with Crippen molar-refractivity contribution in [2.75, 3.05) is 13.1 Å². The number of rotatable bonds is 3. The Morgan fingerprint density at radius 3 is 2.54 bits per heavy atom. The zero-order valence-electron chi connectivity index (χ0n) is 13.5. The summed E-state index contributed by atoms with van der Waals surface area (Å²) in [4.78, 5) is 14.0. The summed E-state index contributed by atoms with van der Waals surface area (Å²) < 4.78 is 6.48. The van der Waals surface area contributed by atoms with E-state index in [9.17, 15) is 4.79 Å². The maximum atomic E-state index is 12.2. The highest BCUT2D eigenvalue weighted by atomic mass is 79.9. The quantitative estimate of drug-likeness (QED) is 0.720. The molecule has 0 N–H and O–H groups in total. The van der Waals surface area contributed by atoms with Crippen molar-refractivity contribution in [1.82, 2.24) is 4.90 Å². The molecule has 0 radical (unpaired) electrons. The van der Waals surface area contributed by atoms with E-state index in [1.165, 1.54) is 11.1 Å². The third kappa shape index (κ3) is 4.71. The van der Waals surface area contributed by atoms with Crippen LogP contribution in [0.5, 0.6) is 0 Å². The standard InChI is InChI=1S/C20H20BrNO2/c21-19-8-4-7-18(14-19)13-16-9-11-22(12-10-16)20(23)24-15-17-5-2-1-3-6-17/h1-8,13-14H,9-12,15H2. The molecule has 0 bridgehead atoms. The summed E-state index contributed by atoms with van der Waals surface area (Å²) in [5.41, 5.74) is 3.58. The lowest BCUT2D eigenvalue weighted by molar-refractivity contribution is 0.0936. The van der Waals surface area contributed by atoms with E-state index < -0.39 is 0 Å². The van der Waals surface area contributed by atoms with Crippen LogP contribution in [0.15, 0.2) is 64.6 Å². The average molecular weight is 386 g/mol. The molecule has 0 saturated carbocycles. The predicted molar refractivity (Wildman–Crippen MR) is 99.6 cm³/mol. The lowest BCUT2D eigenvalue weighted by Crippen LogP contribution is -2.36. The molecule has 1 fully saturated rings. The monoisotopic (exact) mass is 385 g/mol. The highest BCUT2D eigenvalue weighted by molar-refractivity contribution is 9.10. The fourth-order valence-corrected chi connectivity index (χ4v) is 3.18. The van der Waals surface area contributed by atoms with Gasteiger partial charge in [-0.1, -0.05) is 70.0 Å². The van der Waals surface area contributed by atoms with Crippen LogP contribution in [0.1, 0.15) is 24.0 Å². The van der Waals surface area contributed by atoms with Gasteiger partial charge in [-0.05, 0) is 36.1 Å². The number of hydrogen-bond acceptors (Lipinski definition) is 2. The van der Waals surface area contributed by atoms with Crippen LogP contribution in [0.3, 0.4) is 0 Å². The third-order valence-corrected chi connectivity index (χ3v) is 4.58. The van der Waals surface area contributed by atoms with Crippen LogP contribution >= 0.6 is 15.9 Å². The van der Waals surface area contributed by atoms with Crippen molar-refractivity contribution in [2.24, 2.45) is 0 Å². The van der Waals surface area contributed by atoms with E-state index in [0.717, 1.165) is 22.9 Å². The number of halogens is 1. The second-order valence-corrected chi connectivity index (χ2v) is 6.80. The molecule has 2 aromatic rings. The normalized spacial score (nSPS) is 14.4. The number of hydrogen-bond donors (Lipinski definition) is 0. The summed E-state index contributed by atoms with van der Waals surface area (Å²) >= 11 is 3.49. The molecule has 3 nitrogen and oxygen atoms in total. The SMILES string of the molecule is O=C(OCc1ccccc1)N1CCC(=Cc2cccc(Br)c2)CC1. The Hall–Kier alpha value is -2.07. The molecule has 24 heavy (non-hydrogen) atoms. The number of ether oxygens (including phenoxy) is 1. The number of benzene rings is 2. The average Bonchev–Trinajstić information content (AvgIpc) is 2.61. The summed E-state index contributed by atoms with van der Waals surface area (Å²) in [6.07, 6.45) is 3.79. The van der Waals surface area contributed by atoms with Crippen molar-refractivity contribution in [3.8, 4) is 0 Å². The summed E-state index contributed by atoms with van der Waals surface area (Å²) in [7, 11) is 0. The molecular weight excluding hydrogens is 366 g/mol. The number of carbonyl (C=O) groups excluding carboxylic acids is 1. The van der Waals surface area contributed by atoms with E-state index in [2.05, 4.69) is 34.1 Å². The molecule has 1 aliphatic heterocycles. The van der Waals surface area contributed by atoms with E-state index >= 15 is 0 Å². The fourth-order valence-electron chi connectivity index (χ4n) is 2.76. The first-order valence-electron chi connectivity index (χ1n) is 8.11. The van der Waals surface area contributed by atoms with Crippen molar-refractivity contribution in [2.45, 2.75) is 19.4 Å². The van der Waals surface area contributed by atoms with E-state index in [-0.39, 0.29) is 6.09 Å². The molecule has 0 aromatic heterocycles. The van der Waals surface area contributed by atoms with Crippen molar-refractivity contribution < 1.29 is 9.53 Å². The first-order valence-corrected chi connectivity index (χ1v) is 8.91. The molecule has 1 aliphatic rings. The maximum Gasteiger partial charge on any atom is 0.410 e. The Morgan fingerprint density at radius 2 is 1.83 bits per heavy atom. The Bertz CT molecular complexity index is 717. The molecule has 1 saturated heterocycles. The van der Waals surface area contributed by atoms with Gasteiger partial charge in [-0.3, -0.25) is 0 Å². The minimum atomic E-state index is -0.222. The van der Waals surface area contributed by atoms with Gasteiger partial charge in [0.2, 0.25) is 0 Å². The van der Waals surface area contributed by atoms with Gasteiger partial charge in [0.15, 0.2) is 0 Å². The zero-order chi connectivity index (χ0) is 16.8. The van der Waals surface area contributed by atoms with Gasteiger partial charge in [0.1, 0.15) is 6.61 Å². The van der Waals surface area contributed by atoms with Crippen LogP contribution in [0.2, 0.25) is 0 Å². The van der Waals surface area contributed by atoms with Gasteiger partial charge < -0.3 is 9.64 Å². The smallest absolute Gasteiger partial charge is 0.410 e. The van der Waals surface area contributed by atoms with Crippen LogP contribution in [0.25, 0.3) is 6.08 Å². The predicted octanol–water partition coefficient (Wildman–Crippen LogP) is 5.27. The van der Waals surface area contributed by atoms with Gasteiger partial charge in [0.25, 0.3) is 0 Å². The van der Waals surface area contributed by atoms with Crippen LogP contribution in [0, 0.1) is 0 Å². The highest BCUT2D eigenvalue weighted by Crippen LogP contribution is 2.21. The Kier molecular flexibility index (Phi) is 5.70. The molecule has 2 aromatic carbocycles. The molecule has 1 amide bonds. The maximum absolute atomic E-state index is 12.2. The fraction of sp³-hybridized carbons (Fsp3) is 0.250. The molecule has 0 atom stereocenters. The van der Waals surface area contributed by atoms with Crippen molar-refractivity contribution >= 4 is 28.1 Å². The number of piperidine rings is 1. The molecule has 0 unspecified atom stereocenters. The van der Waals surface area contributed by atoms with Gasteiger partial charge in [0, 0.05) is 17.6 Å². The summed E-state index contributed by atoms with van der Waals surface area (Å²) in [5, 5.41) is 0. The van der Waals surface area contributed by atoms with Crippen LogP contribution in [0.4, 0.5) is 4.79 Å². The van der Waals surface area contributed by atoms with Crippen LogP contribution in [-0.4, -0.2) is 24.1 Å². The molecule has 3 rings (SSSR count). The summed E-state index contributed by atoms with van der Waals surface area (Å²) in [5.74, 6) is 0. The topological polar surface area (TPSA) is 29.5 Å². The van der Waals surface area contributed by atoms with Gasteiger partial charge in [-0.15, -0.1) is 0 Å². The van der Waals surface area contributed by atoms with Crippen molar-refractivity contribution in [3.05, 3.63) is 75.8 Å². The van der Waals surface area contributed by atoms with Crippen LogP contribution in [-0.2, 0) is 11.3 Å². The van der Waals surface area contributed by atoms with Gasteiger partial charge in [-0.25, -0.2) is 4.79 Å². The largest absolute Gasteiger partial charge is 0.445 e. The molecule has 0 spiro atoms. The minimum absolute atomic E-state index is 0.222. The summed E-state index contributed by atoms with van der Waals surface area (Å²) in [6, 6.07) is 18.0. The number of amides is 1. The Morgan fingerprint density at radius 1 is 1.08 bits per heavy atom. The molecule has 4 heteroatoms. The minimum Gasteiger partial charge on any atom is -0.445 e. The molecule has 1 heterocycles. The Balaban J connectivity index is 1.50. The third-order valence-electron chi connectivity index (χ3n) is 4.09. The zero-order valence-corrected chi connectivity index (χ0v) is 15.0. The van der Waals surface area contributed by atoms with Crippen molar-refractivity contribution in [3.63, 3.8) is 0 Å². The van der Waals surface area contributed by atoms with Gasteiger partial charge >= 0.3 is 6.09 Å². The second-order valence-electron chi connectivity index (χ2n) is 5.88. The van der Waals surface area contributed by atoms with E-state index in [4.69, 9.17) is 4.74 Å². The second kappa shape index (κ2) is 8.15. The van der Waals surface area contributed by atoms with E-state index in [1.807, 2.05) is 42.5 Å². The number of nitrogens with zero attached hydrogens (tertiary/aromatic N) is 1. The van der Waals surface area contributed by atoms with E-state index in [0.29, 0.717) is 19.7 Å². The first-order chi connectivity index (χ1) is 11.7. The molecular formula is C20H20BrNO2. The highest BCUT2D eigenvalue weighted by Gasteiger charge is 2.20. The lowest BCUT2D eigenvalue weighted by Gasteiger charge is -2.27. The van der Waals surface area contributed by atoms with Crippen LogP contribution < -0.4 is 0 Å². The first kappa shape index (κ1) is 16.8. The van der Waals surface area contributed by atoms with Crippen molar-refractivity contribution in [1.29, 1.82) is 0 Å². The van der Waals surface area contributed by atoms with Gasteiger partial charge in [-0.2, -0.15) is 0 Å². The number of carbonyl (C=O) groups is 1. The van der Waals surface area contributed by atoms with E-state index in [1.54, 1.807) is 4.90 Å². The lowest BCUT2D eigenvalue weighted by atomic mass is 10.0. The molecule has 124 valence electrons. The number of likely N-dealkylation sites (tertiary alicyclic amines) is 1. The Labute approximate surface area is 151 Å². The summed E-state index contributed by atoms with van der Waals surface area (Å²) in [6.45, 7) is 1.76. The molecule has 0 aliphatic carbocycles. The van der Waals surface area contributed by atoms with Gasteiger partial charge in [0.05, 0.1) is 0 Å².